The Labute approximate surface area is 298 Å². The number of benzene rings is 1. The van der Waals surface area contributed by atoms with E-state index in [-0.39, 0.29) is 42.7 Å². The topological polar surface area (TPSA) is 117 Å². The Morgan fingerprint density at radius 3 is 2.40 bits per heavy atom. The van der Waals surface area contributed by atoms with Crippen molar-refractivity contribution < 1.29 is 33.8 Å². The molecule has 50 heavy (non-hydrogen) atoms. The van der Waals surface area contributed by atoms with Crippen molar-refractivity contribution in [3.8, 4) is 0 Å². The number of allylic oxidation sites excluding steroid dienone is 1. The van der Waals surface area contributed by atoms with Crippen molar-refractivity contribution in [2.75, 3.05) is 26.7 Å². The lowest BCUT2D eigenvalue weighted by atomic mass is 9.70. The molecule has 10 nitrogen and oxygen atoms in total. The van der Waals surface area contributed by atoms with E-state index in [0.29, 0.717) is 45.1 Å². The summed E-state index contributed by atoms with van der Waals surface area (Å²) in [5.74, 6) is -2.98. The quantitative estimate of drug-likeness (QED) is 0.131. The lowest BCUT2D eigenvalue weighted by Crippen LogP contribution is -2.61. The summed E-state index contributed by atoms with van der Waals surface area (Å²) in [7, 11) is 1.70. The average Bonchev–Trinajstić information content (AvgIpc) is 3.70. The second-order valence-corrected chi connectivity index (χ2v) is 16.1. The number of aliphatic hydroxyl groups is 1. The van der Waals surface area contributed by atoms with E-state index in [4.69, 9.17) is 9.47 Å². The van der Waals surface area contributed by atoms with Crippen molar-refractivity contribution in [3.63, 3.8) is 0 Å². The molecule has 1 N–H and O–H groups in total. The van der Waals surface area contributed by atoms with Gasteiger partial charge in [-0.2, -0.15) is 0 Å². The van der Waals surface area contributed by atoms with Gasteiger partial charge in [-0.15, -0.1) is 13.2 Å². The van der Waals surface area contributed by atoms with E-state index in [0.717, 1.165) is 5.56 Å². The van der Waals surface area contributed by atoms with E-state index in [9.17, 15) is 24.3 Å². The fraction of sp³-hybridized carbons (Fsp3) is 0.650. The first kappa shape index (κ1) is 39.3. The van der Waals surface area contributed by atoms with Gasteiger partial charge in [-0.25, -0.2) is 0 Å². The van der Waals surface area contributed by atoms with Crippen LogP contribution in [0.25, 0.3) is 0 Å². The molecule has 1 aromatic rings. The lowest BCUT2D eigenvalue weighted by Gasteiger charge is -2.45. The molecule has 3 saturated heterocycles. The van der Waals surface area contributed by atoms with Gasteiger partial charge in [0.25, 0.3) is 0 Å². The number of likely N-dealkylation sites (tertiary alicyclic amines) is 1. The van der Waals surface area contributed by atoms with E-state index in [1.54, 1.807) is 29.0 Å². The molecular weight excluding hydrogens is 634 g/mol. The molecule has 0 unspecified atom stereocenters. The summed E-state index contributed by atoms with van der Waals surface area (Å²) in [6.07, 6.45) is 5.50. The highest BCUT2D eigenvalue weighted by atomic mass is 16.6. The second-order valence-electron chi connectivity index (χ2n) is 16.1. The molecule has 3 amide bonds. The molecule has 0 aliphatic carbocycles. The number of aliphatic hydroxyl groups excluding tert-OH is 1. The van der Waals surface area contributed by atoms with Crippen molar-refractivity contribution in [1.82, 2.24) is 14.7 Å². The highest BCUT2D eigenvalue weighted by molar-refractivity contribution is 5.98. The molecule has 7 atom stereocenters. The molecule has 3 fully saturated rings. The van der Waals surface area contributed by atoms with Crippen LogP contribution in [-0.2, 0) is 28.7 Å². The predicted molar refractivity (Wildman–Crippen MR) is 193 cm³/mol. The zero-order valence-corrected chi connectivity index (χ0v) is 31.2. The summed E-state index contributed by atoms with van der Waals surface area (Å²) in [6, 6.07) is 7.87. The third-order valence-corrected chi connectivity index (χ3v) is 10.8. The van der Waals surface area contributed by atoms with Crippen molar-refractivity contribution in [2.45, 2.75) is 122 Å². The fourth-order valence-corrected chi connectivity index (χ4v) is 8.76. The maximum Gasteiger partial charge on any atom is 0.313 e. The van der Waals surface area contributed by atoms with Gasteiger partial charge in [-0.3, -0.25) is 19.2 Å². The number of ether oxygens (including phenoxy) is 2. The maximum absolute atomic E-state index is 14.9. The van der Waals surface area contributed by atoms with Crippen molar-refractivity contribution in [1.29, 1.82) is 0 Å². The number of esters is 1. The van der Waals surface area contributed by atoms with Gasteiger partial charge < -0.3 is 29.3 Å². The molecule has 10 heteroatoms. The standard InChI is InChI=1S/C40H59N3O7/c1-10-12-20-30(45)41(9)27(3)33(28-18-14-13-15-19-28)49-37(48)31-29-21-22-40(50-29)32(31)35(46)42(24-16-17-25-44)34(40)36(47)43(23-11-2)39(7,8)26-38(4,5)6/h10-11,13-15,18-19,27,29,31-34,44H,1-2,12,16-17,20-26H2,3-9H3/t27-,29+,31-,32-,33+,34+,40-/m1/s1. The van der Waals surface area contributed by atoms with Gasteiger partial charge in [-0.1, -0.05) is 63.3 Å². The summed E-state index contributed by atoms with van der Waals surface area (Å²) in [4.78, 5) is 62.0. The number of hydrogen-bond donors (Lipinski definition) is 1. The normalized spacial score (nSPS) is 25.5. The smallest absolute Gasteiger partial charge is 0.313 e. The van der Waals surface area contributed by atoms with Crippen LogP contribution in [0.4, 0.5) is 0 Å². The Hall–Kier alpha value is -3.50. The predicted octanol–water partition coefficient (Wildman–Crippen LogP) is 5.46. The molecule has 4 rings (SSSR count). The molecule has 276 valence electrons. The monoisotopic (exact) mass is 693 g/mol. The van der Waals surface area contributed by atoms with Crippen LogP contribution in [-0.4, -0.2) is 99.6 Å². The summed E-state index contributed by atoms with van der Waals surface area (Å²) in [6.45, 7) is 20.5. The van der Waals surface area contributed by atoms with Crippen molar-refractivity contribution in [3.05, 3.63) is 61.2 Å². The Morgan fingerprint density at radius 2 is 1.80 bits per heavy atom. The SMILES string of the molecule is C=CCCC(=O)N(C)[C@H](C)[C@H](OC(=O)[C@@H]1[C@@H]2CC[C@]3(O2)[C@H](C(=O)N(CC=C)C(C)(C)CC(C)(C)C)N(CCCCO)C(=O)[C@@H]13)c1ccccc1. The molecule has 0 aromatic heterocycles. The summed E-state index contributed by atoms with van der Waals surface area (Å²) < 4.78 is 13.1. The first-order chi connectivity index (χ1) is 23.5. The van der Waals surface area contributed by atoms with Crippen molar-refractivity contribution >= 4 is 23.7 Å². The Kier molecular flexibility index (Phi) is 12.4. The summed E-state index contributed by atoms with van der Waals surface area (Å²) in [5, 5.41) is 9.57. The summed E-state index contributed by atoms with van der Waals surface area (Å²) in [5.41, 5.74) is -1.11. The van der Waals surface area contributed by atoms with Crippen molar-refractivity contribution in [2.24, 2.45) is 17.3 Å². The number of nitrogens with zero attached hydrogens (tertiary/aromatic N) is 3. The van der Waals surface area contributed by atoms with Crippen LogP contribution >= 0.6 is 0 Å². The number of carbonyl (C=O) groups is 4. The zero-order valence-electron chi connectivity index (χ0n) is 31.2. The first-order valence-corrected chi connectivity index (χ1v) is 18.2. The average molecular weight is 694 g/mol. The number of rotatable bonds is 17. The Morgan fingerprint density at radius 1 is 1.12 bits per heavy atom. The van der Waals surface area contributed by atoms with E-state index in [1.165, 1.54) is 0 Å². The van der Waals surface area contributed by atoms with E-state index < -0.39 is 53.2 Å². The van der Waals surface area contributed by atoms with Crippen LogP contribution in [0.1, 0.15) is 98.2 Å². The molecule has 3 heterocycles. The van der Waals surface area contributed by atoms with Gasteiger partial charge in [0.2, 0.25) is 17.7 Å². The maximum atomic E-state index is 14.9. The third-order valence-electron chi connectivity index (χ3n) is 10.8. The number of carbonyl (C=O) groups excluding carboxylic acids is 4. The molecular formula is C40H59N3O7. The van der Waals surface area contributed by atoms with Crippen LogP contribution in [0.15, 0.2) is 55.6 Å². The number of unbranched alkanes of at least 4 members (excludes halogenated alkanes) is 1. The lowest BCUT2D eigenvalue weighted by molar-refractivity contribution is -0.164. The minimum Gasteiger partial charge on any atom is -0.455 e. The minimum atomic E-state index is -1.19. The number of fused-ring (bicyclic) bond motifs is 1. The van der Waals surface area contributed by atoms with Crippen LogP contribution < -0.4 is 0 Å². The van der Waals surface area contributed by atoms with Gasteiger partial charge in [0.1, 0.15) is 17.7 Å². The highest BCUT2D eigenvalue weighted by Crippen LogP contribution is 2.59. The van der Waals surface area contributed by atoms with Gasteiger partial charge in [0.05, 0.1) is 24.0 Å². The summed E-state index contributed by atoms with van der Waals surface area (Å²) >= 11 is 0. The Balaban J connectivity index is 1.71. The van der Waals surface area contributed by atoms with Crippen LogP contribution in [0.3, 0.4) is 0 Å². The molecule has 0 saturated carbocycles. The zero-order chi connectivity index (χ0) is 37.0. The largest absolute Gasteiger partial charge is 0.455 e. The number of hydrogen-bond acceptors (Lipinski definition) is 7. The highest BCUT2D eigenvalue weighted by Gasteiger charge is 2.75. The molecule has 1 aromatic carbocycles. The van der Waals surface area contributed by atoms with Gasteiger partial charge in [0, 0.05) is 38.7 Å². The molecule has 2 bridgehead atoms. The first-order valence-electron chi connectivity index (χ1n) is 18.2. The molecule has 3 aliphatic heterocycles. The van der Waals surface area contributed by atoms with Gasteiger partial charge in [-0.05, 0) is 70.3 Å². The third kappa shape index (κ3) is 7.86. The van der Waals surface area contributed by atoms with Crippen LogP contribution in [0, 0.1) is 17.3 Å². The van der Waals surface area contributed by atoms with E-state index in [1.807, 2.05) is 56.0 Å². The van der Waals surface area contributed by atoms with Crippen LogP contribution in [0.2, 0.25) is 0 Å². The minimum absolute atomic E-state index is 0.0342. The molecule has 1 spiro atoms. The molecule has 3 aliphatic rings. The fourth-order valence-electron chi connectivity index (χ4n) is 8.76. The van der Waals surface area contributed by atoms with Gasteiger partial charge in [0.15, 0.2) is 0 Å². The van der Waals surface area contributed by atoms with Crippen LogP contribution in [0.5, 0.6) is 0 Å². The Bertz CT molecular complexity index is 1410. The van der Waals surface area contributed by atoms with Gasteiger partial charge >= 0.3 is 5.97 Å². The second kappa shape index (κ2) is 15.8. The number of amides is 3. The van der Waals surface area contributed by atoms with E-state index in [2.05, 4.69) is 33.9 Å². The van der Waals surface area contributed by atoms with E-state index >= 15 is 0 Å². The molecule has 0 radical (unpaired) electrons. The number of likely N-dealkylation sites (N-methyl/N-ethyl adjacent to an activating group) is 1.